The van der Waals surface area contributed by atoms with Crippen molar-refractivity contribution in [3.05, 3.63) is 95.6 Å². The number of alkyl halides is 12. The van der Waals surface area contributed by atoms with Crippen LogP contribution in [0.3, 0.4) is 0 Å². The Bertz CT molecular complexity index is 3010. The Labute approximate surface area is 486 Å². The maximum atomic E-state index is 10.7. The van der Waals surface area contributed by atoms with Gasteiger partial charge in [0.1, 0.15) is 0 Å². The van der Waals surface area contributed by atoms with Crippen LogP contribution in [-0.4, -0.2) is 139 Å². The summed E-state index contributed by atoms with van der Waals surface area (Å²) >= 11 is 0. The van der Waals surface area contributed by atoms with Gasteiger partial charge in [-0.25, -0.2) is 33.7 Å². The Balaban J connectivity index is 0. The molecule has 0 unspecified atom stereocenters. The van der Waals surface area contributed by atoms with Crippen LogP contribution in [0.5, 0.6) is 0 Å². The summed E-state index contributed by atoms with van der Waals surface area (Å²) in [5.41, 5.74) is -15.6. The molecule has 4 aromatic heterocycles. The van der Waals surface area contributed by atoms with E-state index in [1.807, 2.05) is 100 Å². The third-order valence-electron chi connectivity index (χ3n) is 10.1. The van der Waals surface area contributed by atoms with Crippen molar-refractivity contribution in [2.75, 3.05) is 0 Å². The smallest absolute Gasteiger partial charge is 0.741 e. The SMILES string of the molecule is CC[C@@H](O)Cc1ccc2ccc3ccc(C[C@H](O)CC)nc3c2n1.CC[C@@H](O)Cc1ccc2ccc3ccc(C[C@H](O)CC)nc3c2n1.O=S(=O)([O-])C(F)(F)F.O=S(=O)([O-])C(F)(F)F.O=S(=O)([O-])C(F)(F)F.O=S(=O)([O-])C(F)(F)F.[Zn+2].[Zn+2]. The van der Waals surface area contributed by atoms with E-state index in [0.29, 0.717) is 51.4 Å². The van der Waals surface area contributed by atoms with Gasteiger partial charge in [0, 0.05) is 70.0 Å². The Morgan fingerprint density at radius 1 is 0.341 bits per heavy atom. The summed E-state index contributed by atoms with van der Waals surface area (Å²) in [6.45, 7) is 7.87. The summed E-state index contributed by atoms with van der Waals surface area (Å²) in [4.78, 5) is 19.0. The van der Waals surface area contributed by atoms with Crippen molar-refractivity contribution < 1.29 is 164 Å². The van der Waals surface area contributed by atoms with Crippen LogP contribution in [0.4, 0.5) is 52.7 Å². The monoisotopic (exact) mass is 1370 g/mol. The second-order valence-corrected chi connectivity index (χ2v) is 21.8. The third kappa shape index (κ3) is 26.9. The van der Waals surface area contributed by atoms with Crippen molar-refractivity contribution in [2.45, 2.75) is 126 Å². The molecule has 0 radical (unpaired) electrons. The predicted octanol–water partition coefficient (Wildman–Crippen LogP) is 7.02. The van der Waals surface area contributed by atoms with Gasteiger partial charge >= 0.3 is 61.0 Å². The van der Waals surface area contributed by atoms with Crippen LogP contribution in [0, 0.1) is 0 Å². The topological polar surface area (TPSA) is 361 Å². The van der Waals surface area contributed by atoms with Crippen molar-refractivity contribution >= 4 is 84.1 Å². The van der Waals surface area contributed by atoms with Gasteiger partial charge in [0.25, 0.3) is 0 Å². The van der Waals surface area contributed by atoms with Crippen molar-refractivity contribution in [3.8, 4) is 0 Å². The van der Waals surface area contributed by atoms with Crippen molar-refractivity contribution in [2.24, 2.45) is 0 Å². The average molecular weight is 1380 g/mol. The molecule has 20 nitrogen and oxygen atoms in total. The van der Waals surface area contributed by atoms with E-state index in [9.17, 15) is 73.1 Å². The summed E-state index contributed by atoms with van der Waals surface area (Å²) < 4.78 is 236. The van der Waals surface area contributed by atoms with E-state index in [4.69, 9.17) is 71.8 Å². The molecule has 2 aromatic carbocycles. The van der Waals surface area contributed by atoms with Crippen molar-refractivity contribution in [1.29, 1.82) is 0 Å². The van der Waals surface area contributed by atoms with Gasteiger partial charge in [0.15, 0.2) is 40.5 Å². The van der Waals surface area contributed by atoms with Gasteiger partial charge in [-0.1, -0.05) is 76.2 Å². The molecule has 82 heavy (non-hydrogen) atoms. The number of halogens is 12. The molecule has 0 spiro atoms. The second-order valence-electron chi connectivity index (χ2n) is 16.3. The number of benzene rings is 2. The Kier molecular flexibility index (Phi) is 32.2. The molecule has 0 saturated heterocycles. The van der Waals surface area contributed by atoms with Crippen LogP contribution in [0.15, 0.2) is 72.8 Å². The second kappa shape index (κ2) is 33.0. The van der Waals surface area contributed by atoms with Crippen LogP contribution in [0.1, 0.15) is 76.2 Å². The molecule has 6 rings (SSSR count). The van der Waals surface area contributed by atoms with E-state index < -0.39 is 62.5 Å². The molecule has 0 fully saturated rings. The van der Waals surface area contributed by atoms with E-state index >= 15 is 0 Å². The zero-order chi connectivity index (χ0) is 62.2. The van der Waals surface area contributed by atoms with Gasteiger partial charge in [-0.15, -0.1) is 0 Å². The number of aromatic nitrogens is 4. The molecule has 4 N–H and O–H groups in total. The molecule has 38 heteroatoms. The van der Waals surface area contributed by atoms with Gasteiger partial charge < -0.3 is 38.6 Å². The minimum atomic E-state index is -6.09. The maximum absolute atomic E-state index is 10.7. The number of rotatable bonds is 12. The van der Waals surface area contributed by atoms with Crippen LogP contribution < -0.4 is 0 Å². The Morgan fingerprint density at radius 3 is 0.573 bits per heavy atom. The zero-order valence-corrected chi connectivity index (χ0v) is 52.2. The Morgan fingerprint density at radius 2 is 0.463 bits per heavy atom. The number of nitrogens with zero attached hydrogens (tertiary/aromatic N) is 4. The molecule has 452 valence electrons. The average Bonchev–Trinajstić information content (AvgIpc) is 3.32. The number of hydrogen-bond donors (Lipinski definition) is 4. The fourth-order valence-electron chi connectivity index (χ4n) is 5.69. The summed E-state index contributed by atoms with van der Waals surface area (Å²) in [5.74, 6) is 0. The fraction of sp³-hybridized carbons (Fsp3) is 0.455. The van der Waals surface area contributed by atoms with Crippen LogP contribution in [0.25, 0.3) is 43.6 Å². The summed E-state index contributed by atoms with van der Waals surface area (Å²) in [7, 11) is -24.4. The molecular weight excluding hydrogens is 1330 g/mol. The van der Waals surface area contributed by atoms with E-state index in [0.717, 1.165) is 66.4 Å². The van der Waals surface area contributed by atoms with E-state index in [1.165, 1.54) is 0 Å². The fourth-order valence-corrected chi connectivity index (χ4v) is 5.69. The molecule has 4 atom stereocenters. The zero-order valence-electron chi connectivity index (χ0n) is 43.0. The quantitative estimate of drug-likeness (QED) is 0.0314. The summed E-state index contributed by atoms with van der Waals surface area (Å²) in [6.07, 6.45) is 3.60. The van der Waals surface area contributed by atoms with Crippen molar-refractivity contribution in [1.82, 2.24) is 19.9 Å². The molecule has 0 amide bonds. The predicted molar refractivity (Wildman–Crippen MR) is 257 cm³/mol. The molecule has 0 aliphatic carbocycles. The maximum Gasteiger partial charge on any atom is 2.00 e. The number of pyridine rings is 4. The van der Waals surface area contributed by atoms with Gasteiger partial charge in [-0.3, -0.25) is 19.9 Å². The minimum Gasteiger partial charge on any atom is -0.741 e. The Hall–Kier alpha value is -4.03. The summed E-state index contributed by atoms with van der Waals surface area (Å²) in [6, 6.07) is 24.2. The molecule has 0 aliphatic rings. The largest absolute Gasteiger partial charge is 2.00 e. The molecule has 4 heterocycles. The van der Waals surface area contributed by atoms with Crippen molar-refractivity contribution in [3.63, 3.8) is 0 Å². The normalized spacial score (nSPS) is 13.8. The molecule has 6 aromatic rings. The molecule has 0 bridgehead atoms. The minimum absolute atomic E-state index is 0. The van der Waals surface area contributed by atoms with E-state index in [2.05, 4.69) is 0 Å². The number of aliphatic hydroxyl groups excluding tert-OH is 4. The standard InChI is InChI=1S/2C20H24N2O2.4CHF3O3S.2Zn/c2*1-3-17(23)11-15-9-7-13-5-6-14-8-10-16(12-18(24)4-2)22-20(14)19(13)21-15;4*2-1(3,4)8(5,6)7;;/h2*5-10,17-18,23-24H,3-4,11-12H2,1-2H3;4*(H,5,6,7);;/q;;;;;;2*+2/p-4/t2*17-,18-;;;;;;/m11....../s1. The molecular formula is C44H48F12N4O16S4Zn2. The first kappa shape index (κ1) is 80.0. The number of hydrogen-bond acceptors (Lipinski definition) is 20. The third-order valence-corrected chi connectivity index (χ3v) is 12.3. The van der Waals surface area contributed by atoms with Gasteiger partial charge in [0.05, 0.1) is 46.5 Å². The van der Waals surface area contributed by atoms with Crippen LogP contribution >= 0.6 is 0 Å². The number of fused-ring (bicyclic) bond motifs is 6. The van der Waals surface area contributed by atoms with E-state index in [1.54, 1.807) is 0 Å². The molecule has 0 saturated carbocycles. The molecule has 0 aliphatic heterocycles. The van der Waals surface area contributed by atoms with Crippen LogP contribution in [0.2, 0.25) is 0 Å². The van der Waals surface area contributed by atoms with Gasteiger partial charge in [-0.2, -0.15) is 52.7 Å². The van der Waals surface area contributed by atoms with Gasteiger partial charge in [-0.05, 0) is 49.9 Å². The first-order valence-electron chi connectivity index (χ1n) is 22.4. The first-order valence-corrected chi connectivity index (χ1v) is 28.0. The van der Waals surface area contributed by atoms with Crippen LogP contribution in [-0.2, 0) is 105 Å². The first-order chi connectivity index (χ1) is 36.2. The van der Waals surface area contributed by atoms with E-state index in [-0.39, 0.29) is 63.4 Å². The van der Waals surface area contributed by atoms with Gasteiger partial charge in [0.2, 0.25) is 0 Å². The summed E-state index contributed by atoms with van der Waals surface area (Å²) in [5, 5.41) is 43.7. The number of aliphatic hydroxyl groups is 4.